The summed E-state index contributed by atoms with van der Waals surface area (Å²) in [4.78, 5) is 36.7. The Morgan fingerprint density at radius 2 is 2.00 bits per heavy atom. The molecule has 0 saturated carbocycles. The molecule has 4 heterocycles. The molecule has 0 aromatic carbocycles. The van der Waals surface area contributed by atoms with Crippen molar-refractivity contribution in [3.05, 3.63) is 22.4 Å². The Labute approximate surface area is 145 Å². The van der Waals surface area contributed by atoms with Gasteiger partial charge in [-0.15, -0.1) is 0 Å². The standard InChI is InChI=1S/C17H24N6O2/c1-21-15-12(10-18-21)16(24)20-14(19-15)11-23-9-3-2-6-13(23)17(25)22-7-4-5-8-22/h10,13H,2-9,11H2,1H3,(H,19,20,24)/t13-/m0/s1. The average Bonchev–Trinajstić information content (AvgIpc) is 3.26. The van der Waals surface area contributed by atoms with Crippen molar-refractivity contribution in [2.75, 3.05) is 19.6 Å². The smallest absolute Gasteiger partial charge is 0.262 e. The van der Waals surface area contributed by atoms with E-state index in [1.54, 1.807) is 11.7 Å². The highest BCUT2D eigenvalue weighted by molar-refractivity contribution is 5.82. The molecule has 8 nitrogen and oxygen atoms in total. The number of hydrogen-bond acceptors (Lipinski definition) is 5. The molecular weight excluding hydrogens is 320 g/mol. The highest BCUT2D eigenvalue weighted by Crippen LogP contribution is 2.22. The van der Waals surface area contributed by atoms with E-state index in [0.29, 0.717) is 23.4 Å². The van der Waals surface area contributed by atoms with Gasteiger partial charge in [-0.25, -0.2) is 4.98 Å². The molecule has 0 unspecified atom stereocenters. The van der Waals surface area contributed by atoms with Gasteiger partial charge in [0.15, 0.2) is 5.65 Å². The third kappa shape index (κ3) is 3.06. The Kier molecular flexibility index (Phi) is 4.29. The van der Waals surface area contributed by atoms with Crippen LogP contribution in [0.2, 0.25) is 0 Å². The maximum absolute atomic E-state index is 12.9. The zero-order chi connectivity index (χ0) is 17.4. The van der Waals surface area contributed by atoms with Crippen LogP contribution in [0.4, 0.5) is 0 Å². The summed E-state index contributed by atoms with van der Waals surface area (Å²) >= 11 is 0. The molecule has 0 radical (unpaired) electrons. The van der Waals surface area contributed by atoms with E-state index in [9.17, 15) is 9.59 Å². The molecule has 2 aromatic rings. The summed E-state index contributed by atoms with van der Waals surface area (Å²) in [7, 11) is 1.78. The molecule has 2 fully saturated rings. The first-order valence-electron chi connectivity index (χ1n) is 9.07. The van der Waals surface area contributed by atoms with Crippen LogP contribution >= 0.6 is 0 Å². The lowest BCUT2D eigenvalue weighted by Crippen LogP contribution is -2.50. The lowest BCUT2D eigenvalue weighted by Gasteiger charge is -2.36. The minimum Gasteiger partial charge on any atom is -0.341 e. The Bertz CT molecular complexity index is 835. The monoisotopic (exact) mass is 344 g/mol. The van der Waals surface area contributed by atoms with Crippen LogP contribution in [0.25, 0.3) is 11.0 Å². The first-order chi connectivity index (χ1) is 12.1. The fourth-order valence-electron chi connectivity index (χ4n) is 3.95. The van der Waals surface area contributed by atoms with Gasteiger partial charge in [0, 0.05) is 20.1 Å². The van der Waals surface area contributed by atoms with Gasteiger partial charge in [-0.3, -0.25) is 19.2 Å². The third-order valence-corrected chi connectivity index (χ3v) is 5.32. The highest BCUT2D eigenvalue weighted by Gasteiger charge is 2.33. The van der Waals surface area contributed by atoms with Crippen LogP contribution in [0.1, 0.15) is 37.9 Å². The summed E-state index contributed by atoms with van der Waals surface area (Å²) in [5.74, 6) is 0.836. The second-order valence-electron chi connectivity index (χ2n) is 7.03. The van der Waals surface area contributed by atoms with Gasteiger partial charge in [0.25, 0.3) is 5.56 Å². The van der Waals surface area contributed by atoms with E-state index in [1.807, 2.05) is 4.90 Å². The van der Waals surface area contributed by atoms with Gasteiger partial charge in [-0.05, 0) is 32.2 Å². The van der Waals surface area contributed by atoms with Crippen molar-refractivity contribution in [2.45, 2.75) is 44.7 Å². The summed E-state index contributed by atoms with van der Waals surface area (Å²) in [5, 5.41) is 4.59. The maximum Gasteiger partial charge on any atom is 0.262 e. The van der Waals surface area contributed by atoms with Gasteiger partial charge in [0.1, 0.15) is 11.2 Å². The highest BCUT2D eigenvalue weighted by atomic mass is 16.2. The van der Waals surface area contributed by atoms with Crippen LogP contribution in [0.3, 0.4) is 0 Å². The molecule has 1 N–H and O–H groups in total. The Morgan fingerprint density at radius 3 is 2.80 bits per heavy atom. The van der Waals surface area contributed by atoms with Crippen LogP contribution < -0.4 is 5.56 Å². The summed E-state index contributed by atoms with van der Waals surface area (Å²) in [5.41, 5.74) is 0.408. The van der Waals surface area contributed by atoms with E-state index in [-0.39, 0.29) is 17.5 Å². The van der Waals surface area contributed by atoms with E-state index in [4.69, 9.17) is 0 Å². The van der Waals surface area contributed by atoms with Crippen molar-refractivity contribution in [2.24, 2.45) is 7.05 Å². The zero-order valence-corrected chi connectivity index (χ0v) is 14.6. The predicted octanol–water partition coefficient (Wildman–Crippen LogP) is 0.633. The number of H-pyrrole nitrogens is 1. The molecule has 0 spiro atoms. The van der Waals surface area contributed by atoms with E-state index in [0.717, 1.165) is 51.7 Å². The van der Waals surface area contributed by atoms with Gasteiger partial charge in [0.2, 0.25) is 5.91 Å². The van der Waals surface area contributed by atoms with Crippen LogP contribution in [0, 0.1) is 0 Å². The predicted molar refractivity (Wildman–Crippen MR) is 93.0 cm³/mol. The minimum absolute atomic E-state index is 0.0978. The van der Waals surface area contributed by atoms with Gasteiger partial charge >= 0.3 is 0 Å². The van der Waals surface area contributed by atoms with E-state index < -0.39 is 0 Å². The molecule has 2 saturated heterocycles. The molecule has 2 aromatic heterocycles. The molecular formula is C17H24N6O2. The van der Waals surface area contributed by atoms with Crippen molar-refractivity contribution >= 4 is 16.9 Å². The number of nitrogens with zero attached hydrogens (tertiary/aromatic N) is 5. The normalized spacial score (nSPS) is 22.0. The van der Waals surface area contributed by atoms with Crippen molar-refractivity contribution in [3.8, 4) is 0 Å². The molecule has 25 heavy (non-hydrogen) atoms. The Balaban J connectivity index is 1.58. The number of likely N-dealkylation sites (tertiary alicyclic amines) is 2. The number of nitrogens with one attached hydrogen (secondary N) is 1. The topological polar surface area (TPSA) is 87.1 Å². The number of rotatable bonds is 3. The van der Waals surface area contributed by atoms with Crippen LogP contribution in [-0.2, 0) is 18.4 Å². The molecule has 2 aliphatic heterocycles. The fraction of sp³-hybridized carbons (Fsp3) is 0.647. The number of carbonyl (C=O) groups is 1. The lowest BCUT2D eigenvalue weighted by molar-refractivity contribution is -0.137. The number of fused-ring (bicyclic) bond motifs is 1. The lowest BCUT2D eigenvalue weighted by atomic mass is 10.0. The molecule has 4 rings (SSSR count). The van der Waals surface area contributed by atoms with E-state index in [1.165, 1.54) is 6.20 Å². The maximum atomic E-state index is 12.9. The average molecular weight is 344 g/mol. The summed E-state index contributed by atoms with van der Waals surface area (Å²) < 4.78 is 1.61. The van der Waals surface area contributed by atoms with Crippen LogP contribution in [-0.4, -0.2) is 61.1 Å². The van der Waals surface area contributed by atoms with Gasteiger partial charge in [-0.2, -0.15) is 5.10 Å². The molecule has 2 aliphatic rings. The second-order valence-corrected chi connectivity index (χ2v) is 7.03. The zero-order valence-electron chi connectivity index (χ0n) is 14.6. The van der Waals surface area contributed by atoms with Crippen molar-refractivity contribution < 1.29 is 4.79 Å². The molecule has 8 heteroatoms. The Hall–Kier alpha value is -2.22. The molecule has 1 atom stereocenters. The SMILES string of the molecule is Cn1ncc2c(=O)[nH]c(CN3CCCC[C@H]3C(=O)N3CCCC3)nc21. The largest absolute Gasteiger partial charge is 0.341 e. The van der Waals surface area contributed by atoms with Crippen molar-refractivity contribution in [3.63, 3.8) is 0 Å². The Morgan fingerprint density at radius 1 is 1.24 bits per heavy atom. The number of aryl methyl sites for hydroxylation is 1. The molecule has 134 valence electrons. The first-order valence-corrected chi connectivity index (χ1v) is 9.07. The van der Waals surface area contributed by atoms with E-state index in [2.05, 4.69) is 20.0 Å². The third-order valence-electron chi connectivity index (χ3n) is 5.32. The van der Waals surface area contributed by atoms with Crippen LogP contribution in [0.5, 0.6) is 0 Å². The fourth-order valence-corrected chi connectivity index (χ4v) is 3.95. The molecule has 0 bridgehead atoms. The minimum atomic E-state index is -0.174. The van der Waals surface area contributed by atoms with Crippen molar-refractivity contribution in [1.82, 2.24) is 29.5 Å². The first kappa shape index (κ1) is 16.3. The van der Waals surface area contributed by atoms with Crippen molar-refractivity contribution in [1.29, 1.82) is 0 Å². The second kappa shape index (κ2) is 6.59. The number of hydrogen-bond donors (Lipinski definition) is 1. The summed E-state index contributed by atoms with van der Waals surface area (Å²) in [6.07, 6.45) is 6.77. The summed E-state index contributed by atoms with van der Waals surface area (Å²) in [6.45, 7) is 3.09. The number of aromatic nitrogens is 4. The van der Waals surface area contributed by atoms with Gasteiger partial charge in [-0.1, -0.05) is 6.42 Å². The number of amides is 1. The van der Waals surface area contributed by atoms with Gasteiger partial charge in [0.05, 0.1) is 18.8 Å². The van der Waals surface area contributed by atoms with E-state index >= 15 is 0 Å². The number of piperidine rings is 1. The molecule has 0 aliphatic carbocycles. The summed E-state index contributed by atoms with van der Waals surface area (Å²) in [6, 6.07) is -0.0978. The quantitative estimate of drug-likeness (QED) is 0.883. The molecule has 1 amide bonds. The van der Waals surface area contributed by atoms with Crippen LogP contribution in [0.15, 0.2) is 11.0 Å². The number of aromatic amines is 1. The number of carbonyl (C=O) groups excluding carboxylic acids is 1. The van der Waals surface area contributed by atoms with Gasteiger partial charge < -0.3 is 9.88 Å².